The van der Waals surface area contributed by atoms with Gasteiger partial charge in [-0.25, -0.2) is 9.13 Å². The van der Waals surface area contributed by atoms with Crippen molar-refractivity contribution in [2.75, 3.05) is 39.6 Å². The number of esters is 4. The zero-order valence-corrected chi connectivity index (χ0v) is 66.0. The minimum absolute atomic E-state index is 0.105. The maximum absolute atomic E-state index is 13.1. The highest BCUT2D eigenvalue weighted by Gasteiger charge is 2.30. The van der Waals surface area contributed by atoms with Gasteiger partial charge in [-0.1, -0.05) is 357 Å². The van der Waals surface area contributed by atoms with E-state index in [-0.39, 0.29) is 25.7 Å². The van der Waals surface area contributed by atoms with Crippen LogP contribution in [-0.4, -0.2) is 96.7 Å². The van der Waals surface area contributed by atoms with Crippen LogP contribution in [0.25, 0.3) is 0 Å². The van der Waals surface area contributed by atoms with Gasteiger partial charge in [0.1, 0.15) is 19.3 Å². The number of rotatable bonds is 77. The van der Waals surface area contributed by atoms with Crippen LogP contribution in [0.1, 0.15) is 408 Å². The molecule has 0 aliphatic carbocycles. The molecule has 0 aromatic carbocycles. The molecule has 98 heavy (non-hydrogen) atoms. The van der Waals surface area contributed by atoms with Crippen LogP contribution in [-0.2, 0) is 65.4 Å². The molecule has 0 saturated carbocycles. The van der Waals surface area contributed by atoms with Crippen molar-refractivity contribution in [3.05, 3.63) is 0 Å². The molecule has 0 aromatic rings. The summed E-state index contributed by atoms with van der Waals surface area (Å²) in [5, 5.41) is 10.6. The van der Waals surface area contributed by atoms with E-state index in [0.29, 0.717) is 25.7 Å². The fourth-order valence-electron chi connectivity index (χ4n) is 12.1. The molecule has 0 fully saturated rings. The fraction of sp³-hybridized carbons (Fsp3) is 0.949. The molecule has 19 heteroatoms. The lowest BCUT2D eigenvalue weighted by molar-refractivity contribution is -0.161. The molecule has 0 aromatic heterocycles. The number of hydrogen-bond donors (Lipinski definition) is 3. The molecule has 0 aliphatic rings. The summed E-state index contributed by atoms with van der Waals surface area (Å²) >= 11 is 0. The van der Waals surface area contributed by atoms with Gasteiger partial charge in [-0.05, 0) is 43.4 Å². The normalized spacial score (nSPS) is 14.3. The van der Waals surface area contributed by atoms with Crippen molar-refractivity contribution in [1.82, 2.24) is 0 Å². The van der Waals surface area contributed by atoms with Crippen molar-refractivity contribution in [3.8, 4) is 0 Å². The molecular weight excluding hydrogens is 1280 g/mol. The number of carbonyl (C=O) groups excluding carboxylic acids is 4. The fourth-order valence-corrected chi connectivity index (χ4v) is 13.7. The van der Waals surface area contributed by atoms with Crippen molar-refractivity contribution >= 4 is 39.5 Å². The number of unbranched alkanes of at least 4 members (excludes halogenated alkanes) is 44. The highest BCUT2D eigenvalue weighted by atomic mass is 31.2. The molecule has 0 rings (SSSR count). The summed E-state index contributed by atoms with van der Waals surface area (Å²) in [6.07, 6.45) is 56.8. The second-order valence-electron chi connectivity index (χ2n) is 29.6. The first-order valence-corrected chi connectivity index (χ1v) is 43.9. The first kappa shape index (κ1) is 96.1. The molecule has 3 N–H and O–H groups in total. The van der Waals surface area contributed by atoms with Gasteiger partial charge in [0.2, 0.25) is 0 Å². The average molecular weight is 1440 g/mol. The van der Waals surface area contributed by atoms with Gasteiger partial charge < -0.3 is 33.8 Å². The Bertz CT molecular complexity index is 1910. The lowest BCUT2D eigenvalue weighted by Crippen LogP contribution is -2.30. The zero-order valence-electron chi connectivity index (χ0n) is 64.3. The van der Waals surface area contributed by atoms with Gasteiger partial charge in [0.25, 0.3) is 0 Å². The molecule has 3 unspecified atom stereocenters. The maximum Gasteiger partial charge on any atom is 0.472 e. The van der Waals surface area contributed by atoms with Crippen LogP contribution in [0.4, 0.5) is 0 Å². The van der Waals surface area contributed by atoms with Gasteiger partial charge in [0.05, 0.1) is 26.4 Å². The van der Waals surface area contributed by atoms with Crippen LogP contribution >= 0.6 is 15.6 Å². The lowest BCUT2D eigenvalue weighted by Gasteiger charge is -2.21. The van der Waals surface area contributed by atoms with Gasteiger partial charge in [-0.3, -0.25) is 37.3 Å². The Kier molecular flexibility index (Phi) is 68.1. The Morgan fingerprint density at radius 2 is 0.520 bits per heavy atom. The van der Waals surface area contributed by atoms with E-state index in [1.165, 1.54) is 218 Å². The second kappa shape index (κ2) is 69.4. The Balaban J connectivity index is 5.26. The number of hydrogen-bond acceptors (Lipinski definition) is 15. The minimum Gasteiger partial charge on any atom is -0.462 e. The second-order valence-corrected chi connectivity index (χ2v) is 32.6. The summed E-state index contributed by atoms with van der Waals surface area (Å²) in [5.41, 5.74) is 0. The van der Waals surface area contributed by atoms with E-state index in [1.807, 2.05) is 0 Å². The molecule has 0 heterocycles. The summed E-state index contributed by atoms with van der Waals surface area (Å²) in [7, 11) is -9.92. The predicted molar refractivity (Wildman–Crippen MR) is 400 cm³/mol. The van der Waals surface area contributed by atoms with Crippen LogP contribution in [0.15, 0.2) is 0 Å². The first-order valence-electron chi connectivity index (χ1n) is 40.9. The summed E-state index contributed by atoms with van der Waals surface area (Å²) in [4.78, 5) is 73.0. The molecule has 582 valence electrons. The van der Waals surface area contributed by atoms with Crippen molar-refractivity contribution < 1.29 is 80.2 Å². The highest BCUT2D eigenvalue weighted by Crippen LogP contribution is 2.45. The third-order valence-corrected chi connectivity index (χ3v) is 20.6. The third-order valence-electron chi connectivity index (χ3n) is 18.7. The molecule has 17 nitrogen and oxygen atoms in total. The Morgan fingerprint density at radius 1 is 0.296 bits per heavy atom. The molecular formula is C79H154O17P2. The van der Waals surface area contributed by atoms with E-state index in [1.54, 1.807) is 0 Å². The topological polar surface area (TPSA) is 237 Å². The van der Waals surface area contributed by atoms with Gasteiger partial charge in [-0.15, -0.1) is 0 Å². The summed E-state index contributed by atoms with van der Waals surface area (Å²) in [6, 6.07) is 0. The molecule has 6 atom stereocenters. The quantitative estimate of drug-likeness (QED) is 0.0222. The van der Waals surface area contributed by atoms with Crippen LogP contribution in [0.5, 0.6) is 0 Å². The predicted octanol–water partition coefficient (Wildman–Crippen LogP) is 23.4. The molecule has 0 bridgehead atoms. The number of carbonyl (C=O) groups is 4. The smallest absolute Gasteiger partial charge is 0.462 e. The molecule has 0 saturated heterocycles. The summed E-state index contributed by atoms with van der Waals surface area (Å²) in [5.74, 6) is 0.186. The molecule has 0 radical (unpaired) electrons. The lowest BCUT2D eigenvalue weighted by atomic mass is 9.99. The monoisotopic (exact) mass is 1440 g/mol. The largest absolute Gasteiger partial charge is 0.472 e. The van der Waals surface area contributed by atoms with Gasteiger partial charge >= 0.3 is 39.5 Å². The number of aliphatic hydroxyl groups is 1. The highest BCUT2D eigenvalue weighted by molar-refractivity contribution is 7.47. The maximum atomic E-state index is 13.1. The number of phosphoric ester groups is 2. The van der Waals surface area contributed by atoms with Gasteiger partial charge in [0.15, 0.2) is 12.2 Å². The van der Waals surface area contributed by atoms with Crippen LogP contribution in [0.3, 0.4) is 0 Å². The Labute approximate surface area is 600 Å². The zero-order chi connectivity index (χ0) is 72.3. The van der Waals surface area contributed by atoms with Crippen LogP contribution < -0.4 is 0 Å². The third kappa shape index (κ3) is 71.1. The van der Waals surface area contributed by atoms with Crippen LogP contribution in [0, 0.1) is 17.8 Å². The van der Waals surface area contributed by atoms with Crippen molar-refractivity contribution in [1.29, 1.82) is 0 Å². The van der Waals surface area contributed by atoms with Crippen molar-refractivity contribution in [2.45, 2.75) is 426 Å². The van der Waals surface area contributed by atoms with Crippen molar-refractivity contribution in [2.24, 2.45) is 17.8 Å². The number of aliphatic hydroxyl groups excluding tert-OH is 1. The number of ether oxygens (including phenoxy) is 4. The standard InChI is InChI=1S/C79H154O17P2/c1-8-10-11-12-13-14-15-16-17-18-19-20-21-22-25-32-41-48-55-62-78(83)95-74(66-89-76(81)60-53-46-39-31-26-23-24-29-36-43-50-57-70(3)4)68-93-97(85,86)91-64-73(80)65-92-98(87,88)94-69-75(67-90-77(82)61-54-47-40-35-34-38-45-52-59-72(7)9-2)96-79(84)63-56-49-42-33-28-27-30-37-44-51-58-71(5)6/h70-75,80H,8-69H2,1-7H3,(H,85,86)(H,87,88)/t72?,73-,74-,75-/m1/s1. The summed E-state index contributed by atoms with van der Waals surface area (Å²) < 4.78 is 68.7. The molecule has 0 amide bonds. The summed E-state index contributed by atoms with van der Waals surface area (Å²) in [6.45, 7) is 11.9. The van der Waals surface area contributed by atoms with E-state index in [0.717, 1.165) is 108 Å². The Morgan fingerprint density at radius 3 is 0.776 bits per heavy atom. The first-order chi connectivity index (χ1) is 47.3. The van der Waals surface area contributed by atoms with E-state index in [4.69, 9.17) is 37.0 Å². The minimum atomic E-state index is -4.96. The Hall–Kier alpha value is -1.94. The van der Waals surface area contributed by atoms with Gasteiger partial charge in [0, 0.05) is 25.7 Å². The van der Waals surface area contributed by atoms with Gasteiger partial charge in [-0.2, -0.15) is 0 Å². The SMILES string of the molecule is CCCCCCCCCCCCCCCCCCCCCC(=O)O[C@H](COC(=O)CCCCCCCCCCCCCC(C)C)COP(=O)(O)OC[C@@H](O)COP(=O)(O)OC[C@@H](COC(=O)CCCCCCCCCCC(C)CC)OC(=O)CCCCCCCCCCCCC(C)C. The van der Waals surface area contributed by atoms with E-state index in [9.17, 15) is 43.2 Å². The average Bonchev–Trinajstić information content (AvgIpc) is 0.987. The molecule has 0 spiro atoms. The number of phosphoric acid groups is 2. The van der Waals surface area contributed by atoms with Crippen LogP contribution in [0.2, 0.25) is 0 Å². The van der Waals surface area contributed by atoms with E-state index < -0.39 is 97.5 Å². The molecule has 0 aliphatic heterocycles. The van der Waals surface area contributed by atoms with Crippen molar-refractivity contribution in [3.63, 3.8) is 0 Å². The van der Waals surface area contributed by atoms with E-state index >= 15 is 0 Å². The van der Waals surface area contributed by atoms with E-state index in [2.05, 4.69) is 48.5 Å².